The average Bonchev–Trinajstić information content (AvgIpc) is 3.41. The quantitative estimate of drug-likeness (QED) is 0.599. The third kappa shape index (κ3) is 2.89. The zero-order valence-corrected chi connectivity index (χ0v) is 16.9. The summed E-state index contributed by atoms with van der Waals surface area (Å²) in [6.07, 6.45) is 0.986. The number of hydrogen-bond acceptors (Lipinski definition) is 6. The van der Waals surface area contributed by atoms with E-state index in [1.165, 1.54) is 42.7 Å². The van der Waals surface area contributed by atoms with Crippen molar-refractivity contribution >= 4 is 34.8 Å². The van der Waals surface area contributed by atoms with E-state index in [2.05, 4.69) is 5.32 Å². The fourth-order valence-corrected chi connectivity index (χ4v) is 5.48. The number of anilines is 1. The minimum absolute atomic E-state index is 0.302. The number of nitrogens with zero attached hydrogens (tertiary/aromatic N) is 1. The van der Waals surface area contributed by atoms with Crippen molar-refractivity contribution < 1.29 is 23.5 Å². The average molecular weight is 416 g/mol. The SMILES string of the molecule is CCC[C@]1(C(=O)OC)N[C@H](c2cccs2)[C@@H]2C(=O)N(c3ccc(F)cc3)C(=O)[C@@H]21. The molecule has 152 valence electrons. The van der Waals surface area contributed by atoms with Gasteiger partial charge in [0.15, 0.2) is 0 Å². The van der Waals surface area contributed by atoms with E-state index in [1.54, 1.807) is 0 Å². The number of halogens is 1. The Morgan fingerprint density at radius 3 is 2.55 bits per heavy atom. The Labute approximate surface area is 171 Å². The van der Waals surface area contributed by atoms with Crippen LogP contribution in [-0.2, 0) is 19.1 Å². The monoisotopic (exact) mass is 416 g/mol. The second-order valence-electron chi connectivity index (χ2n) is 7.34. The van der Waals surface area contributed by atoms with Gasteiger partial charge in [0.1, 0.15) is 11.4 Å². The largest absolute Gasteiger partial charge is 0.468 e. The summed E-state index contributed by atoms with van der Waals surface area (Å²) < 4.78 is 18.4. The second-order valence-corrected chi connectivity index (χ2v) is 8.32. The van der Waals surface area contributed by atoms with E-state index >= 15 is 0 Å². The van der Waals surface area contributed by atoms with Crippen molar-refractivity contribution in [2.45, 2.75) is 31.3 Å². The number of benzene rings is 1. The number of carbonyl (C=O) groups is 3. The van der Waals surface area contributed by atoms with Gasteiger partial charge in [0.25, 0.3) is 0 Å². The van der Waals surface area contributed by atoms with Crippen molar-refractivity contribution in [1.82, 2.24) is 5.32 Å². The summed E-state index contributed by atoms with van der Waals surface area (Å²) in [4.78, 5) is 41.8. The van der Waals surface area contributed by atoms with Crippen LogP contribution in [0.3, 0.4) is 0 Å². The first-order valence-electron chi connectivity index (χ1n) is 9.47. The van der Waals surface area contributed by atoms with E-state index in [4.69, 9.17) is 4.74 Å². The van der Waals surface area contributed by atoms with Gasteiger partial charge in [-0.3, -0.25) is 19.7 Å². The standard InChI is InChI=1S/C21H21FN2O4S/c1-3-10-21(20(27)28-2)16-15(17(23-21)14-5-4-11-29-14)18(25)24(19(16)26)13-8-6-12(22)7-9-13/h4-9,11,15-17,23H,3,10H2,1-2H3/t15-,16-,17-,21+/m1/s1. The summed E-state index contributed by atoms with van der Waals surface area (Å²) in [5.41, 5.74) is -0.986. The molecule has 2 aliphatic heterocycles. The highest BCUT2D eigenvalue weighted by atomic mass is 32.1. The van der Waals surface area contributed by atoms with Crippen molar-refractivity contribution in [3.8, 4) is 0 Å². The molecule has 0 aliphatic carbocycles. The summed E-state index contributed by atoms with van der Waals surface area (Å²) >= 11 is 1.46. The lowest BCUT2D eigenvalue weighted by atomic mass is 9.77. The second kappa shape index (κ2) is 7.35. The molecule has 2 amide bonds. The number of ether oxygens (including phenoxy) is 1. The molecule has 8 heteroatoms. The number of esters is 1. The predicted molar refractivity (Wildman–Crippen MR) is 106 cm³/mol. The van der Waals surface area contributed by atoms with Crippen LogP contribution in [0.1, 0.15) is 30.7 Å². The molecule has 0 spiro atoms. The zero-order valence-electron chi connectivity index (χ0n) is 16.1. The van der Waals surface area contributed by atoms with Gasteiger partial charge in [0.2, 0.25) is 11.8 Å². The van der Waals surface area contributed by atoms with Gasteiger partial charge in [0.05, 0.1) is 30.7 Å². The Bertz CT molecular complexity index is 946. The first-order valence-corrected chi connectivity index (χ1v) is 10.4. The highest BCUT2D eigenvalue weighted by molar-refractivity contribution is 7.10. The van der Waals surface area contributed by atoms with Gasteiger partial charge in [-0.15, -0.1) is 11.3 Å². The zero-order chi connectivity index (χ0) is 20.8. The minimum Gasteiger partial charge on any atom is -0.468 e. The number of fused-ring (bicyclic) bond motifs is 1. The summed E-state index contributed by atoms with van der Waals surface area (Å²) in [6, 6.07) is 8.49. The molecule has 3 heterocycles. The van der Waals surface area contributed by atoms with Crippen molar-refractivity contribution in [2.75, 3.05) is 12.0 Å². The first kappa shape index (κ1) is 19.7. The Morgan fingerprint density at radius 2 is 1.97 bits per heavy atom. The number of thiophene rings is 1. The number of carbonyl (C=O) groups excluding carboxylic acids is 3. The van der Waals surface area contributed by atoms with E-state index in [1.807, 2.05) is 24.4 Å². The Balaban J connectivity index is 1.84. The molecule has 0 bridgehead atoms. The molecule has 4 rings (SSSR count). The molecule has 0 saturated carbocycles. The topological polar surface area (TPSA) is 75.7 Å². The highest BCUT2D eigenvalue weighted by Gasteiger charge is 2.68. The Hall–Kier alpha value is -2.58. The molecule has 6 nitrogen and oxygen atoms in total. The minimum atomic E-state index is -1.29. The summed E-state index contributed by atoms with van der Waals surface area (Å²) in [5.74, 6) is -3.48. The summed E-state index contributed by atoms with van der Waals surface area (Å²) in [6.45, 7) is 1.92. The molecule has 2 aromatic rings. The molecule has 4 atom stereocenters. The third-order valence-corrected chi connectivity index (χ3v) is 6.74. The summed E-state index contributed by atoms with van der Waals surface area (Å²) in [5, 5.41) is 5.20. The van der Waals surface area contributed by atoms with Crippen LogP contribution < -0.4 is 10.2 Å². The van der Waals surface area contributed by atoms with E-state index < -0.39 is 41.1 Å². The molecule has 2 saturated heterocycles. The molecule has 0 unspecified atom stereocenters. The highest BCUT2D eigenvalue weighted by Crippen LogP contribution is 2.52. The van der Waals surface area contributed by atoms with Crippen LogP contribution in [0.4, 0.5) is 10.1 Å². The maximum Gasteiger partial charge on any atom is 0.326 e. The van der Waals surface area contributed by atoms with E-state index in [0.717, 1.165) is 9.78 Å². The van der Waals surface area contributed by atoms with Crippen molar-refractivity contribution in [2.24, 2.45) is 11.8 Å². The molecular formula is C21H21FN2O4S. The van der Waals surface area contributed by atoms with Crippen molar-refractivity contribution in [1.29, 1.82) is 0 Å². The molecule has 1 aromatic heterocycles. The van der Waals surface area contributed by atoms with Gasteiger partial charge in [-0.2, -0.15) is 0 Å². The molecule has 1 aromatic carbocycles. The smallest absolute Gasteiger partial charge is 0.326 e. The normalized spacial score (nSPS) is 28.7. The fraction of sp³-hybridized carbons (Fsp3) is 0.381. The predicted octanol–water partition coefficient (Wildman–Crippen LogP) is 3.05. The maximum atomic E-state index is 13.5. The van der Waals surface area contributed by atoms with Gasteiger partial charge in [-0.25, -0.2) is 9.29 Å². The molecule has 1 N–H and O–H groups in total. The van der Waals surface area contributed by atoms with Gasteiger partial charge in [0, 0.05) is 4.88 Å². The Kier molecular flexibility index (Phi) is 5.00. The molecule has 2 aliphatic rings. The van der Waals surface area contributed by atoms with Gasteiger partial charge in [-0.1, -0.05) is 19.4 Å². The van der Waals surface area contributed by atoms with Crippen LogP contribution in [0.25, 0.3) is 0 Å². The third-order valence-electron chi connectivity index (χ3n) is 5.78. The number of rotatable bonds is 5. The van der Waals surface area contributed by atoms with Crippen molar-refractivity contribution in [3.05, 3.63) is 52.5 Å². The van der Waals surface area contributed by atoms with Gasteiger partial charge in [-0.05, 0) is 42.1 Å². The van der Waals surface area contributed by atoms with Crippen molar-refractivity contribution in [3.63, 3.8) is 0 Å². The molecule has 29 heavy (non-hydrogen) atoms. The number of nitrogens with one attached hydrogen (secondary N) is 1. The van der Waals surface area contributed by atoms with E-state index in [0.29, 0.717) is 18.5 Å². The van der Waals surface area contributed by atoms with Crippen LogP contribution >= 0.6 is 11.3 Å². The Morgan fingerprint density at radius 1 is 1.24 bits per heavy atom. The molecular weight excluding hydrogens is 395 g/mol. The number of amides is 2. The van der Waals surface area contributed by atoms with Gasteiger partial charge < -0.3 is 4.74 Å². The lowest BCUT2D eigenvalue weighted by Gasteiger charge is -2.32. The van der Waals surface area contributed by atoms with Crippen LogP contribution in [0.5, 0.6) is 0 Å². The first-order chi connectivity index (χ1) is 13.9. The fourth-order valence-electron chi connectivity index (χ4n) is 4.66. The van der Waals surface area contributed by atoms with Crippen LogP contribution in [0.15, 0.2) is 41.8 Å². The van der Waals surface area contributed by atoms with Gasteiger partial charge >= 0.3 is 5.97 Å². The molecule has 0 radical (unpaired) electrons. The van der Waals surface area contributed by atoms with E-state index in [9.17, 15) is 18.8 Å². The maximum absolute atomic E-state index is 13.5. The lowest BCUT2D eigenvalue weighted by molar-refractivity contribution is -0.152. The molecule has 2 fully saturated rings. The number of hydrogen-bond donors (Lipinski definition) is 1. The number of methoxy groups -OCH3 is 1. The summed E-state index contributed by atoms with van der Waals surface area (Å²) in [7, 11) is 1.29. The van der Waals surface area contributed by atoms with Crippen LogP contribution in [-0.4, -0.2) is 30.4 Å². The number of imide groups is 1. The van der Waals surface area contributed by atoms with Crippen LogP contribution in [0, 0.1) is 17.7 Å². The lowest BCUT2D eigenvalue weighted by Crippen LogP contribution is -2.56. The van der Waals surface area contributed by atoms with Crippen LogP contribution in [0.2, 0.25) is 0 Å². The van der Waals surface area contributed by atoms with E-state index in [-0.39, 0.29) is 5.91 Å².